The molecule has 0 saturated carbocycles. The van der Waals surface area contributed by atoms with Gasteiger partial charge in [-0.2, -0.15) is 0 Å². The van der Waals surface area contributed by atoms with Crippen LogP contribution in [0.4, 0.5) is 0 Å². The van der Waals surface area contributed by atoms with Gasteiger partial charge in [-0.1, -0.05) is 27.2 Å². The highest BCUT2D eigenvalue weighted by molar-refractivity contribution is 5.81. The zero-order valence-electron chi connectivity index (χ0n) is 10.7. The van der Waals surface area contributed by atoms with Gasteiger partial charge in [0.2, 0.25) is 5.91 Å². The summed E-state index contributed by atoms with van der Waals surface area (Å²) in [4.78, 5) is 11.7. The molecule has 0 aromatic heterocycles. The minimum absolute atomic E-state index is 0.122. The SMILES string of the molecule is CCCC(C)(C)C(=O)NCCOC(C)C. The Morgan fingerprint density at radius 3 is 2.47 bits per heavy atom. The second kappa shape index (κ2) is 6.83. The average molecular weight is 215 g/mol. The maximum absolute atomic E-state index is 11.7. The van der Waals surface area contributed by atoms with E-state index in [-0.39, 0.29) is 17.4 Å². The summed E-state index contributed by atoms with van der Waals surface area (Å²) >= 11 is 0. The van der Waals surface area contributed by atoms with Gasteiger partial charge in [-0.05, 0) is 20.3 Å². The standard InChI is InChI=1S/C12H25NO2/c1-6-7-12(4,5)11(14)13-8-9-15-10(2)3/h10H,6-9H2,1-5H3,(H,13,14). The van der Waals surface area contributed by atoms with E-state index in [9.17, 15) is 4.79 Å². The minimum Gasteiger partial charge on any atom is -0.377 e. The first kappa shape index (κ1) is 14.4. The van der Waals surface area contributed by atoms with Crippen LogP contribution in [-0.4, -0.2) is 25.2 Å². The van der Waals surface area contributed by atoms with Gasteiger partial charge in [-0.3, -0.25) is 4.79 Å². The van der Waals surface area contributed by atoms with Gasteiger partial charge in [0.25, 0.3) is 0 Å². The predicted octanol–water partition coefficient (Wildman–Crippen LogP) is 2.35. The van der Waals surface area contributed by atoms with Gasteiger partial charge in [-0.15, -0.1) is 0 Å². The number of rotatable bonds is 7. The van der Waals surface area contributed by atoms with Crippen molar-refractivity contribution in [2.75, 3.05) is 13.2 Å². The summed E-state index contributed by atoms with van der Waals surface area (Å²) in [5, 5.41) is 2.90. The van der Waals surface area contributed by atoms with Crippen LogP contribution in [-0.2, 0) is 9.53 Å². The number of carbonyl (C=O) groups excluding carboxylic acids is 1. The molecule has 0 aromatic rings. The number of ether oxygens (including phenoxy) is 1. The van der Waals surface area contributed by atoms with E-state index in [0.29, 0.717) is 13.2 Å². The predicted molar refractivity (Wildman–Crippen MR) is 62.8 cm³/mol. The van der Waals surface area contributed by atoms with Gasteiger partial charge in [0.1, 0.15) is 0 Å². The second-order valence-corrected chi connectivity index (χ2v) is 4.81. The molecule has 0 aliphatic heterocycles. The van der Waals surface area contributed by atoms with E-state index in [2.05, 4.69) is 12.2 Å². The molecule has 0 aliphatic carbocycles. The lowest BCUT2D eigenvalue weighted by molar-refractivity contribution is -0.130. The molecule has 3 nitrogen and oxygen atoms in total. The molecule has 0 saturated heterocycles. The van der Waals surface area contributed by atoms with Crippen molar-refractivity contribution in [3.8, 4) is 0 Å². The quantitative estimate of drug-likeness (QED) is 0.662. The highest BCUT2D eigenvalue weighted by Gasteiger charge is 2.25. The molecule has 1 N–H and O–H groups in total. The maximum Gasteiger partial charge on any atom is 0.225 e. The van der Waals surface area contributed by atoms with Crippen molar-refractivity contribution in [2.45, 2.75) is 53.6 Å². The van der Waals surface area contributed by atoms with E-state index in [1.807, 2.05) is 27.7 Å². The minimum atomic E-state index is -0.257. The molecule has 15 heavy (non-hydrogen) atoms. The molecule has 0 spiro atoms. The van der Waals surface area contributed by atoms with E-state index in [4.69, 9.17) is 4.74 Å². The number of hydrogen-bond donors (Lipinski definition) is 1. The Labute approximate surface area is 93.6 Å². The zero-order valence-corrected chi connectivity index (χ0v) is 10.7. The molecule has 0 unspecified atom stereocenters. The zero-order chi connectivity index (χ0) is 11.9. The largest absolute Gasteiger partial charge is 0.377 e. The number of amides is 1. The fourth-order valence-corrected chi connectivity index (χ4v) is 1.44. The lowest BCUT2D eigenvalue weighted by Crippen LogP contribution is -2.38. The third kappa shape index (κ3) is 6.50. The topological polar surface area (TPSA) is 38.3 Å². The lowest BCUT2D eigenvalue weighted by atomic mass is 9.87. The van der Waals surface area contributed by atoms with Crippen LogP contribution in [0.2, 0.25) is 0 Å². The Morgan fingerprint density at radius 1 is 1.40 bits per heavy atom. The summed E-state index contributed by atoms with van der Waals surface area (Å²) in [6.07, 6.45) is 2.18. The molecular weight excluding hydrogens is 190 g/mol. The van der Waals surface area contributed by atoms with Crippen LogP contribution in [0, 0.1) is 5.41 Å². The fraction of sp³-hybridized carbons (Fsp3) is 0.917. The molecular formula is C12H25NO2. The molecule has 0 aromatic carbocycles. The van der Waals surface area contributed by atoms with Crippen LogP contribution in [0.15, 0.2) is 0 Å². The number of carbonyl (C=O) groups is 1. The summed E-state index contributed by atoms with van der Waals surface area (Å²) in [5.74, 6) is 0.122. The molecule has 0 aliphatic rings. The average Bonchev–Trinajstić information content (AvgIpc) is 2.11. The Bertz CT molecular complexity index is 188. The Hall–Kier alpha value is -0.570. The van der Waals surface area contributed by atoms with Gasteiger partial charge in [0.15, 0.2) is 0 Å². The van der Waals surface area contributed by atoms with Crippen LogP contribution >= 0.6 is 0 Å². The van der Waals surface area contributed by atoms with E-state index < -0.39 is 0 Å². The molecule has 0 rings (SSSR count). The highest BCUT2D eigenvalue weighted by Crippen LogP contribution is 2.21. The molecule has 0 heterocycles. The Balaban J connectivity index is 3.73. The van der Waals surface area contributed by atoms with Crippen LogP contribution in [0.5, 0.6) is 0 Å². The normalized spacial score (nSPS) is 11.9. The van der Waals surface area contributed by atoms with Crippen LogP contribution in [0.25, 0.3) is 0 Å². The summed E-state index contributed by atoms with van der Waals surface area (Å²) < 4.78 is 5.35. The first-order valence-corrected chi connectivity index (χ1v) is 5.80. The number of hydrogen-bond acceptors (Lipinski definition) is 2. The summed E-state index contributed by atoms with van der Waals surface area (Å²) in [6, 6.07) is 0. The van der Waals surface area contributed by atoms with Crippen molar-refractivity contribution in [3.05, 3.63) is 0 Å². The maximum atomic E-state index is 11.7. The fourth-order valence-electron chi connectivity index (χ4n) is 1.44. The van der Waals surface area contributed by atoms with E-state index >= 15 is 0 Å². The molecule has 0 radical (unpaired) electrons. The summed E-state index contributed by atoms with van der Waals surface area (Å²) in [5.41, 5.74) is -0.257. The van der Waals surface area contributed by atoms with Crippen molar-refractivity contribution in [2.24, 2.45) is 5.41 Å². The molecule has 90 valence electrons. The van der Waals surface area contributed by atoms with Crippen molar-refractivity contribution >= 4 is 5.91 Å². The van der Waals surface area contributed by atoms with E-state index in [1.54, 1.807) is 0 Å². The van der Waals surface area contributed by atoms with Crippen molar-refractivity contribution < 1.29 is 9.53 Å². The van der Waals surface area contributed by atoms with E-state index in [1.165, 1.54) is 0 Å². The van der Waals surface area contributed by atoms with Gasteiger partial charge in [-0.25, -0.2) is 0 Å². The van der Waals surface area contributed by atoms with E-state index in [0.717, 1.165) is 12.8 Å². The summed E-state index contributed by atoms with van der Waals surface area (Å²) in [7, 11) is 0. The van der Waals surface area contributed by atoms with Gasteiger partial charge < -0.3 is 10.1 Å². The van der Waals surface area contributed by atoms with Crippen LogP contribution in [0.3, 0.4) is 0 Å². The molecule has 0 bridgehead atoms. The van der Waals surface area contributed by atoms with Crippen molar-refractivity contribution in [1.82, 2.24) is 5.32 Å². The van der Waals surface area contributed by atoms with Crippen LogP contribution < -0.4 is 5.32 Å². The smallest absolute Gasteiger partial charge is 0.225 e. The highest BCUT2D eigenvalue weighted by atomic mass is 16.5. The van der Waals surface area contributed by atoms with Gasteiger partial charge >= 0.3 is 0 Å². The Morgan fingerprint density at radius 2 is 2.00 bits per heavy atom. The second-order valence-electron chi connectivity index (χ2n) is 4.81. The van der Waals surface area contributed by atoms with Crippen molar-refractivity contribution in [1.29, 1.82) is 0 Å². The first-order valence-electron chi connectivity index (χ1n) is 5.80. The van der Waals surface area contributed by atoms with Gasteiger partial charge in [0.05, 0.1) is 12.7 Å². The third-order valence-electron chi connectivity index (χ3n) is 2.33. The lowest BCUT2D eigenvalue weighted by Gasteiger charge is -2.22. The molecule has 0 atom stereocenters. The molecule has 3 heteroatoms. The van der Waals surface area contributed by atoms with Gasteiger partial charge in [0, 0.05) is 12.0 Å². The monoisotopic (exact) mass is 215 g/mol. The molecule has 0 fully saturated rings. The van der Waals surface area contributed by atoms with Crippen LogP contribution in [0.1, 0.15) is 47.5 Å². The Kier molecular flexibility index (Phi) is 6.57. The third-order valence-corrected chi connectivity index (χ3v) is 2.33. The molecule has 1 amide bonds. The van der Waals surface area contributed by atoms with Crippen molar-refractivity contribution in [3.63, 3.8) is 0 Å². The first-order chi connectivity index (χ1) is 6.90. The number of nitrogens with one attached hydrogen (secondary N) is 1. The summed E-state index contributed by atoms with van der Waals surface area (Å²) in [6.45, 7) is 11.2.